The van der Waals surface area contributed by atoms with Crippen molar-refractivity contribution in [3.8, 4) is 22.8 Å². The van der Waals surface area contributed by atoms with Crippen LogP contribution >= 0.6 is 0 Å². The molecule has 1 N–H and O–H groups in total. The van der Waals surface area contributed by atoms with E-state index < -0.39 is 0 Å². The van der Waals surface area contributed by atoms with Crippen LogP contribution in [0.25, 0.3) is 28.0 Å². The number of rotatable bonds is 9. The Labute approximate surface area is 181 Å². The van der Waals surface area contributed by atoms with Gasteiger partial charge in [-0.15, -0.1) is 0 Å². The minimum atomic E-state index is 0.266. The number of aromatic amines is 1. The number of pyridine rings is 2. The Morgan fingerprint density at radius 3 is 2.71 bits per heavy atom. The van der Waals surface area contributed by atoms with Gasteiger partial charge in [-0.3, -0.25) is 9.67 Å². The minimum absolute atomic E-state index is 0.266. The van der Waals surface area contributed by atoms with Crippen molar-refractivity contribution in [2.24, 2.45) is 0 Å². The van der Waals surface area contributed by atoms with Gasteiger partial charge in [0.25, 0.3) is 0 Å². The van der Waals surface area contributed by atoms with Gasteiger partial charge in [-0.25, -0.2) is 9.97 Å². The van der Waals surface area contributed by atoms with E-state index in [0.29, 0.717) is 19.1 Å². The summed E-state index contributed by atoms with van der Waals surface area (Å²) in [6, 6.07) is 10.3. The summed E-state index contributed by atoms with van der Waals surface area (Å²) in [5.74, 6) is 2.35. The molecule has 4 aromatic heterocycles. The highest BCUT2D eigenvalue weighted by molar-refractivity contribution is 5.95. The maximum atomic E-state index is 5.62. The highest BCUT2D eigenvalue weighted by atomic mass is 16.5. The molecule has 0 aliphatic heterocycles. The molecule has 0 saturated carbocycles. The number of methoxy groups -OCH3 is 1. The van der Waals surface area contributed by atoms with Crippen LogP contribution in [0, 0.1) is 0 Å². The first-order valence-electron chi connectivity index (χ1n) is 10.5. The molecule has 162 valence electrons. The number of H-pyrrole nitrogens is 1. The third-order valence-corrected chi connectivity index (χ3v) is 5.24. The highest BCUT2D eigenvalue weighted by Crippen LogP contribution is 2.33. The van der Waals surface area contributed by atoms with E-state index in [4.69, 9.17) is 14.5 Å². The summed E-state index contributed by atoms with van der Waals surface area (Å²) in [6.45, 7) is 8.45. The smallest absolute Gasteiger partial charge is 0.212 e. The second kappa shape index (κ2) is 9.18. The molecule has 0 spiro atoms. The monoisotopic (exact) mass is 420 g/mol. The van der Waals surface area contributed by atoms with E-state index in [-0.39, 0.29) is 6.04 Å². The first-order valence-corrected chi connectivity index (χ1v) is 10.5. The fraction of sp³-hybridized carbons (Fsp3) is 0.348. The topological polar surface area (TPSA) is 81.1 Å². The normalized spacial score (nSPS) is 11.4. The summed E-state index contributed by atoms with van der Waals surface area (Å²) >= 11 is 0. The molecule has 0 unspecified atom stereocenters. The Bertz CT molecular complexity index is 1120. The first kappa shape index (κ1) is 20.9. The highest BCUT2D eigenvalue weighted by Gasteiger charge is 2.18. The summed E-state index contributed by atoms with van der Waals surface area (Å²) in [7, 11) is 1.62. The number of aromatic nitrogens is 5. The van der Waals surface area contributed by atoms with Crippen molar-refractivity contribution in [3.05, 3.63) is 48.9 Å². The molecule has 4 rings (SSSR count). The van der Waals surface area contributed by atoms with Gasteiger partial charge in [0.05, 0.1) is 19.9 Å². The number of nitrogens with zero attached hydrogens (tertiary/aromatic N) is 5. The van der Waals surface area contributed by atoms with Gasteiger partial charge in [0, 0.05) is 54.7 Å². The third kappa shape index (κ3) is 4.25. The van der Waals surface area contributed by atoms with E-state index in [1.807, 2.05) is 42.1 Å². The van der Waals surface area contributed by atoms with Gasteiger partial charge in [0.1, 0.15) is 17.3 Å². The van der Waals surface area contributed by atoms with Crippen LogP contribution < -0.4 is 9.64 Å². The van der Waals surface area contributed by atoms with Crippen LogP contribution in [0.2, 0.25) is 0 Å². The lowest BCUT2D eigenvalue weighted by Gasteiger charge is -2.28. The van der Waals surface area contributed by atoms with Gasteiger partial charge in [0.15, 0.2) is 0 Å². The van der Waals surface area contributed by atoms with E-state index in [0.717, 1.165) is 40.3 Å². The second-order valence-electron chi connectivity index (χ2n) is 7.47. The van der Waals surface area contributed by atoms with E-state index in [1.165, 1.54) is 0 Å². The maximum Gasteiger partial charge on any atom is 0.212 e. The molecule has 0 amide bonds. The van der Waals surface area contributed by atoms with Crippen LogP contribution in [0.1, 0.15) is 20.8 Å². The molecule has 0 radical (unpaired) electrons. The summed E-state index contributed by atoms with van der Waals surface area (Å²) in [5.41, 5.74) is 2.93. The van der Waals surface area contributed by atoms with Crippen molar-refractivity contribution in [2.45, 2.75) is 26.8 Å². The first-order chi connectivity index (χ1) is 15.1. The van der Waals surface area contributed by atoms with Crippen LogP contribution in [0.15, 0.2) is 48.9 Å². The SMILES string of the molecule is CCOCCN(c1cc(-c2ccc(OC)nc2)c2ccn(-c3ccn[nH]3)c2n1)C(C)C. The Morgan fingerprint density at radius 2 is 2.06 bits per heavy atom. The Hall–Kier alpha value is -3.39. The van der Waals surface area contributed by atoms with Gasteiger partial charge in [-0.1, -0.05) is 0 Å². The zero-order chi connectivity index (χ0) is 21.8. The molecular weight excluding hydrogens is 392 g/mol. The Balaban J connectivity index is 1.88. The molecule has 4 aromatic rings. The Kier molecular flexibility index (Phi) is 6.18. The standard InChI is InChI=1S/C23H28N6O2/c1-5-31-13-12-28(16(2)3)21-14-19(17-6-7-22(30-4)24-15-17)18-9-11-29(23(18)26-21)20-8-10-25-27-20/h6-11,14-16H,5,12-13H2,1-4H3,(H,25,27). The van der Waals surface area contributed by atoms with Gasteiger partial charge < -0.3 is 14.4 Å². The number of hydrogen-bond donors (Lipinski definition) is 1. The van der Waals surface area contributed by atoms with E-state index in [9.17, 15) is 0 Å². The van der Waals surface area contributed by atoms with Crippen molar-refractivity contribution >= 4 is 16.9 Å². The van der Waals surface area contributed by atoms with Gasteiger partial charge >= 0.3 is 0 Å². The van der Waals surface area contributed by atoms with Crippen molar-refractivity contribution < 1.29 is 9.47 Å². The zero-order valence-corrected chi connectivity index (χ0v) is 18.4. The van der Waals surface area contributed by atoms with Crippen molar-refractivity contribution in [2.75, 3.05) is 31.8 Å². The van der Waals surface area contributed by atoms with E-state index in [1.54, 1.807) is 13.3 Å². The lowest BCUT2D eigenvalue weighted by molar-refractivity contribution is 0.152. The number of fused-ring (bicyclic) bond motifs is 1. The van der Waals surface area contributed by atoms with E-state index >= 15 is 0 Å². The average Bonchev–Trinajstić information content (AvgIpc) is 3.45. The Morgan fingerprint density at radius 1 is 1.19 bits per heavy atom. The summed E-state index contributed by atoms with van der Waals surface area (Å²) < 4.78 is 12.9. The zero-order valence-electron chi connectivity index (χ0n) is 18.4. The molecule has 0 saturated heterocycles. The van der Waals surface area contributed by atoms with Gasteiger partial charge in [0.2, 0.25) is 5.88 Å². The summed E-state index contributed by atoms with van der Waals surface area (Å²) in [6.07, 6.45) is 5.59. The number of hydrogen-bond acceptors (Lipinski definition) is 6. The van der Waals surface area contributed by atoms with Crippen LogP contribution in [-0.2, 0) is 4.74 Å². The molecule has 4 heterocycles. The molecule has 8 nitrogen and oxygen atoms in total. The van der Waals surface area contributed by atoms with Gasteiger partial charge in [-0.05, 0) is 44.5 Å². The largest absolute Gasteiger partial charge is 0.481 e. The fourth-order valence-corrected chi connectivity index (χ4v) is 3.66. The molecular formula is C23H28N6O2. The lowest BCUT2D eigenvalue weighted by Crippen LogP contribution is -2.34. The minimum Gasteiger partial charge on any atom is -0.481 e. The molecule has 0 atom stereocenters. The summed E-state index contributed by atoms with van der Waals surface area (Å²) in [5, 5.41) is 8.17. The number of ether oxygens (including phenoxy) is 2. The third-order valence-electron chi connectivity index (χ3n) is 5.24. The molecule has 0 aromatic carbocycles. The molecule has 0 fully saturated rings. The van der Waals surface area contributed by atoms with E-state index in [2.05, 4.69) is 46.1 Å². The predicted molar refractivity (Wildman–Crippen MR) is 122 cm³/mol. The van der Waals surface area contributed by atoms with Crippen molar-refractivity contribution in [1.29, 1.82) is 0 Å². The number of nitrogens with one attached hydrogen (secondary N) is 1. The van der Waals surface area contributed by atoms with Crippen LogP contribution in [0.5, 0.6) is 5.88 Å². The fourth-order valence-electron chi connectivity index (χ4n) is 3.66. The van der Waals surface area contributed by atoms with Crippen LogP contribution in [-0.4, -0.2) is 57.6 Å². The lowest BCUT2D eigenvalue weighted by atomic mass is 10.1. The molecule has 0 bridgehead atoms. The summed E-state index contributed by atoms with van der Waals surface area (Å²) in [4.78, 5) is 11.7. The van der Waals surface area contributed by atoms with Crippen LogP contribution in [0.4, 0.5) is 5.82 Å². The molecule has 31 heavy (non-hydrogen) atoms. The second-order valence-corrected chi connectivity index (χ2v) is 7.47. The molecule has 8 heteroatoms. The maximum absolute atomic E-state index is 5.62. The quantitative estimate of drug-likeness (QED) is 0.411. The van der Waals surface area contributed by atoms with Crippen molar-refractivity contribution in [1.82, 2.24) is 24.7 Å². The predicted octanol–water partition coefficient (Wildman–Crippen LogP) is 4.07. The number of anilines is 1. The molecule has 0 aliphatic carbocycles. The van der Waals surface area contributed by atoms with Gasteiger partial charge in [-0.2, -0.15) is 5.10 Å². The average molecular weight is 421 g/mol. The molecule has 0 aliphatic rings. The van der Waals surface area contributed by atoms with Crippen molar-refractivity contribution in [3.63, 3.8) is 0 Å². The van der Waals surface area contributed by atoms with Crippen LogP contribution in [0.3, 0.4) is 0 Å².